The van der Waals surface area contributed by atoms with Crippen LogP contribution in [-0.4, -0.2) is 46.9 Å². The van der Waals surface area contributed by atoms with Crippen molar-refractivity contribution in [1.29, 1.82) is 0 Å². The molecule has 3 amide bonds. The normalized spacial score (nSPS) is 18.8. The van der Waals surface area contributed by atoms with Gasteiger partial charge in [0.25, 0.3) is 5.91 Å². The molecule has 0 aromatic heterocycles. The van der Waals surface area contributed by atoms with Gasteiger partial charge in [0.05, 0.1) is 5.69 Å². The number of amides is 3. The van der Waals surface area contributed by atoms with Gasteiger partial charge in [-0.25, -0.2) is 9.18 Å². The van der Waals surface area contributed by atoms with Gasteiger partial charge < -0.3 is 15.7 Å². The lowest BCUT2D eigenvalue weighted by molar-refractivity contribution is -0.140. The number of hydrogen-bond donors (Lipinski definition) is 3. The van der Waals surface area contributed by atoms with E-state index in [-0.39, 0.29) is 19.3 Å². The van der Waals surface area contributed by atoms with Crippen molar-refractivity contribution in [3.05, 3.63) is 101 Å². The van der Waals surface area contributed by atoms with Gasteiger partial charge in [0.2, 0.25) is 11.8 Å². The van der Waals surface area contributed by atoms with Crippen molar-refractivity contribution in [2.24, 2.45) is 0 Å². The lowest BCUT2D eigenvalue weighted by Crippen LogP contribution is -2.56. The smallest absolute Gasteiger partial charge is 0.327 e. The molecule has 0 bridgehead atoms. The van der Waals surface area contributed by atoms with Gasteiger partial charge in [-0.1, -0.05) is 48.5 Å². The Morgan fingerprint density at radius 2 is 1.68 bits per heavy atom. The maximum Gasteiger partial charge on any atom is 0.327 e. The molecule has 0 saturated heterocycles. The number of aryl methyl sites for hydroxylation is 1. The Morgan fingerprint density at radius 3 is 2.39 bits per heavy atom. The Morgan fingerprint density at radius 1 is 0.974 bits per heavy atom. The second-order valence-electron chi connectivity index (χ2n) is 9.51. The van der Waals surface area contributed by atoms with E-state index in [0.29, 0.717) is 23.2 Å². The Balaban J connectivity index is 1.39. The molecule has 3 atom stereocenters. The first-order chi connectivity index (χ1) is 18.3. The second-order valence-corrected chi connectivity index (χ2v) is 9.51. The minimum absolute atomic E-state index is 0.0669. The van der Waals surface area contributed by atoms with Gasteiger partial charge >= 0.3 is 5.97 Å². The highest BCUT2D eigenvalue weighted by molar-refractivity contribution is 6.07. The summed E-state index contributed by atoms with van der Waals surface area (Å²) >= 11 is 0. The van der Waals surface area contributed by atoms with Gasteiger partial charge in [0.15, 0.2) is 0 Å². The number of benzene rings is 3. The summed E-state index contributed by atoms with van der Waals surface area (Å²) in [5.74, 6) is -3.09. The Bertz CT molecular complexity index is 1390. The molecule has 9 heteroatoms. The van der Waals surface area contributed by atoms with E-state index in [1.165, 1.54) is 29.2 Å². The number of para-hydroxylation sites is 1. The molecule has 0 aliphatic carbocycles. The molecule has 3 aromatic rings. The molecule has 0 unspecified atom stereocenters. The molecule has 2 aliphatic rings. The van der Waals surface area contributed by atoms with Crippen LogP contribution in [0.2, 0.25) is 0 Å². The molecule has 0 spiro atoms. The van der Waals surface area contributed by atoms with E-state index in [9.17, 15) is 28.7 Å². The minimum Gasteiger partial charge on any atom is -0.480 e. The number of aliphatic carboxylic acids is 1. The summed E-state index contributed by atoms with van der Waals surface area (Å²) in [5.41, 5.74) is 3.24. The van der Waals surface area contributed by atoms with Crippen LogP contribution in [0.15, 0.2) is 72.8 Å². The number of carboxylic acids is 1. The topological polar surface area (TPSA) is 116 Å². The summed E-state index contributed by atoms with van der Waals surface area (Å²) in [6, 6.07) is 16.4. The molecule has 8 nitrogen and oxygen atoms in total. The molecule has 0 saturated carbocycles. The molecule has 194 valence electrons. The largest absolute Gasteiger partial charge is 0.480 e. The molecule has 2 aliphatic heterocycles. The van der Waals surface area contributed by atoms with Crippen LogP contribution in [0.25, 0.3) is 0 Å². The van der Waals surface area contributed by atoms with Crippen LogP contribution >= 0.6 is 0 Å². The van der Waals surface area contributed by atoms with E-state index in [0.717, 1.165) is 11.1 Å². The highest BCUT2D eigenvalue weighted by Crippen LogP contribution is 2.39. The van der Waals surface area contributed by atoms with Crippen LogP contribution in [0.1, 0.15) is 33.5 Å². The fraction of sp³-hybridized carbons (Fsp3) is 0.241. The molecule has 3 aromatic carbocycles. The lowest BCUT2D eigenvalue weighted by Gasteiger charge is -2.27. The molecule has 2 heterocycles. The van der Waals surface area contributed by atoms with Crippen LogP contribution in [0.4, 0.5) is 10.1 Å². The van der Waals surface area contributed by atoms with Gasteiger partial charge in [0.1, 0.15) is 23.9 Å². The molecular weight excluding hydrogens is 489 g/mol. The summed E-state index contributed by atoms with van der Waals surface area (Å²) in [5, 5.41) is 15.3. The van der Waals surface area contributed by atoms with E-state index >= 15 is 0 Å². The van der Waals surface area contributed by atoms with Gasteiger partial charge in [-0.2, -0.15) is 0 Å². The highest BCUT2D eigenvalue weighted by Gasteiger charge is 2.44. The number of hydrogen-bond acceptors (Lipinski definition) is 4. The van der Waals surface area contributed by atoms with Crippen molar-refractivity contribution in [2.75, 3.05) is 4.90 Å². The summed E-state index contributed by atoms with van der Waals surface area (Å²) < 4.78 is 13.4. The monoisotopic (exact) mass is 515 g/mol. The molecular formula is C29H26FN3O5. The third-order valence-electron chi connectivity index (χ3n) is 7.02. The average molecular weight is 516 g/mol. The third-order valence-corrected chi connectivity index (χ3v) is 7.02. The van der Waals surface area contributed by atoms with E-state index in [4.69, 9.17) is 0 Å². The van der Waals surface area contributed by atoms with Crippen LogP contribution in [0.5, 0.6) is 0 Å². The quantitative estimate of drug-likeness (QED) is 0.448. The number of carboxylic acid groups (broad SMARTS) is 1. The van der Waals surface area contributed by atoms with Gasteiger partial charge in [-0.3, -0.25) is 19.3 Å². The first-order valence-corrected chi connectivity index (χ1v) is 12.4. The average Bonchev–Trinajstić information content (AvgIpc) is 3.26. The van der Waals surface area contributed by atoms with Crippen molar-refractivity contribution in [2.45, 2.75) is 43.8 Å². The number of carbonyl (C=O) groups is 4. The molecule has 0 fully saturated rings. The number of nitrogens with one attached hydrogen (secondary N) is 2. The first-order valence-electron chi connectivity index (χ1n) is 12.4. The van der Waals surface area contributed by atoms with Crippen molar-refractivity contribution >= 4 is 29.4 Å². The van der Waals surface area contributed by atoms with Gasteiger partial charge in [0, 0.05) is 18.4 Å². The van der Waals surface area contributed by atoms with E-state index in [1.54, 1.807) is 30.3 Å². The minimum atomic E-state index is -1.11. The predicted molar refractivity (Wildman–Crippen MR) is 137 cm³/mol. The van der Waals surface area contributed by atoms with Crippen molar-refractivity contribution in [3.63, 3.8) is 0 Å². The molecule has 0 radical (unpaired) electrons. The fourth-order valence-corrected chi connectivity index (χ4v) is 5.13. The third kappa shape index (κ3) is 5.00. The van der Waals surface area contributed by atoms with Crippen LogP contribution in [0.3, 0.4) is 0 Å². The van der Waals surface area contributed by atoms with E-state index in [1.807, 2.05) is 18.2 Å². The maximum absolute atomic E-state index is 13.6. The Hall–Kier alpha value is -4.53. The van der Waals surface area contributed by atoms with Crippen molar-refractivity contribution in [1.82, 2.24) is 10.6 Å². The first kappa shape index (κ1) is 25.1. The second kappa shape index (κ2) is 10.5. The summed E-state index contributed by atoms with van der Waals surface area (Å²) in [6.07, 6.45) is 1.02. The summed E-state index contributed by atoms with van der Waals surface area (Å²) in [6.45, 7) is 0. The number of carbonyl (C=O) groups excluding carboxylic acids is 3. The highest BCUT2D eigenvalue weighted by atomic mass is 19.1. The number of nitrogens with zero attached hydrogens (tertiary/aromatic N) is 1. The zero-order chi connectivity index (χ0) is 26.8. The number of halogens is 1. The Kier molecular flexibility index (Phi) is 6.91. The summed E-state index contributed by atoms with van der Waals surface area (Å²) in [4.78, 5) is 53.3. The van der Waals surface area contributed by atoms with E-state index in [2.05, 4.69) is 10.6 Å². The van der Waals surface area contributed by atoms with Crippen molar-refractivity contribution in [3.8, 4) is 0 Å². The SMILES string of the molecule is O=C(N[C@@H](Cc1ccc(F)cc1)C(=O)N[C@H]1CCc2cccc3c2N(C1=O)[C@H](C(=O)O)C3)c1ccccc1. The number of anilines is 1. The lowest BCUT2D eigenvalue weighted by atomic mass is 10.0. The van der Waals surface area contributed by atoms with E-state index < -0.39 is 47.6 Å². The standard InChI is InChI=1S/C29H26FN3O5/c30-21-12-9-17(10-13-21)15-23(32-26(34)19-5-2-1-3-6-19)27(35)31-22-14-11-18-7-4-8-20-16-24(29(37)38)33(25(18)20)28(22)36/h1-10,12-13,22-24H,11,14-16H2,(H,31,35)(H,32,34)(H,37,38)/t22-,23-,24-/m0/s1. The fourth-order valence-electron chi connectivity index (χ4n) is 5.13. The zero-order valence-electron chi connectivity index (χ0n) is 20.4. The number of rotatable bonds is 7. The predicted octanol–water partition coefficient (Wildman–Crippen LogP) is 2.64. The molecule has 38 heavy (non-hydrogen) atoms. The van der Waals surface area contributed by atoms with Gasteiger partial charge in [-0.05, 0) is 53.8 Å². The zero-order valence-corrected chi connectivity index (χ0v) is 20.4. The molecule has 5 rings (SSSR count). The summed E-state index contributed by atoms with van der Waals surface area (Å²) in [7, 11) is 0. The van der Waals surface area contributed by atoms with Crippen LogP contribution in [0, 0.1) is 5.82 Å². The van der Waals surface area contributed by atoms with Crippen LogP contribution in [-0.2, 0) is 33.6 Å². The van der Waals surface area contributed by atoms with Gasteiger partial charge in [-0.15, -0.1) is 0 Å². The maximum atomic E-state index is 13.6. The Labute approximate surface area is 218 Å². The molecule has 3 N–H and O–H groups in total. The van der Waals surface area contributed by atoms with Crippen molar-refractivity contribution < 1.29 is 28.7 Å². The van der Waals surface area contributed by atoms with Crippen LogP contribution < -0.4 is 15.5 Å².